The highest BCUT2D eigenvalue weighted by Gasteiger charge is 2.21. The summed E-state index contributed by atoms with van der Waals surface area (Å²) in [6.07, 6.45) is 4.66. The second-order valence-corrected chi connectivity index (χ2v) is 6.22. The fraction of sp³-hybridized carbons (Fsp3) is 0.222. The maximum absolute atomic E-state index is 12.5. The summed E-state index contributed by atoms with van der Waals surface area (Å²) in [5.41, 5.74) is 0.761. The zero-order valence-electron chi connectivity index (χ0n) is 14.8. The van der Waals surface area contributed by atoms with Gasteiger partial charge in [0.15, 0.2) is 5.82 Å². The van der Waals surface area contributed by atoms with Crippen molar-refractivity contribution < 1.29 is 9.53 Å². The van der Waals surface area contributed by atoms with Crippen molar-refractivity contribution in [3.05, 3.63) is 61.1 Å². The summed E-state index contributed by atoms with van der Waals surface area (Å²) in [6, 6.07) is 13.0. The lowest BCUT2D eigenvalue weighted by atomic mass is 10.3. The van der Waals surface area contributed by atoms with Crippen molar-refractivity contribution in [3.8, 4) is 0 Å². The van der Waals surface area contributed by atoms with E-state index in [1.807, 2.05) is 41.3 Å². The molecule has 3 aromatic rings. The summed E-state index contributed by atoms with van der Waals surface area (Å²) >= 11 is 3.43. The highest BCUT2D eigenvalue weighted by atomic mass is 79.9. The number of hydrogen-bond donors (Lipinski definition) is 0. The molecule has 0 spiro atoms. The van der Waals surface area contributed by atoms with Crippen molar-refractivity contribution in [2.75, 3.05) is 29.5 Å². The van der Waals surface area contributed by atoms with E-state index >= 15 is 0 Å². The van der Waals surface area contributed by atoms with Gasteiger partial charge >= 0.3 is 6.09 Å². The lowest BCUT2D eigenvalue weighted by molar-refractivity contribution is 0.160. The molecule has 0 fully saturated rings. The van der Waals surface area contributed by atoms with Crippen molar-refractivity contribution in [1.29, 1.82) is 0 Å². The molecule has 0 saturated carbocycles. The molecule has 0 bridgehead atoms. The molecule has 3 rings (SSSR count). The molecule has 8 nitrogen and oxygen atoms in total. The molecule has 140 valence electrons. The number of hydrogen-bond acceptors (Lipinski definition) is 6. The summed E-state index contributed by atoms with van der Waals surface area (Å²) in [6.45, 7) is 2.91. The van der Waals surface area contributed by atoms with Gasteiger partial charge in [-0.25, -0.2) is 9.78 Å². The van der Waals surface area contributed by atoms with Crippen LogP contribution in [-0.2, 0) is 4.74 Å². The Bertz CT molecular complexity index is 859. The third-order valence-corrected chi connectivity index (χ3v) is 4.31. The quantitative estimate of drug-likeness (QED) is 0.569. The van der Waals surface area contributed by atoms with Crippen molar-refractivity contribution in [2.24, 2.45) is 0 Å². The predicted octanol–water partition coefficient (Wildman–Crippen LogP) is 3.63. The van der Waals surface area contributed by atoms with Gasteiger partial charge in [0.25, 0.3) is 0 Å². The van der Waals surface area contributed by atoms with Crippen LogP contribution in [0.2, 0.25) is 0 Å². The average Bonchev–Trinajstić information content (AvgIpc) is 3.12. The van der Waals surface area contributed by atoms with Gasteiger partial charge in [0.2, 0.25) is 5.95 Å². The summed E-state index contributed by atoms with van der Waals surface area (Å²) in [5, 5.41) is 8.12. The minimum Gasteiger partial charge on any atom is -0.449 e. The van der Waals surface area contributed by atoms with Crippen molar-refractivity contribution in [1.82, 2.24) is 18.8 Å². The Kier molecular flexibility index (Phi) is 6.37. The van der Waals surface area contributed by atoms with Crippen LogP contribution in [-0.4, -0.2) is 44.6 Å². The molecule has 2 aromatic heterocycles. The number of carbonyl (C=O) groups excluding carboxylic acids is 1. The SMILES string of the molecule is CCOC(=O)N(CCN(c1cccnn1)c1nccn1Br)c1ccccc1. The number of carbonyl (C=O) groups is 1. The Labute approximate surface area is 165 Å². The van der Waals surface area contributed by atoms with Crippen LogP contribution in [0.5, 0.6) is 0 Å². The molecular weight excluding hydrogens is 412 g/mol. The van der Waals surface area contributed by atoms with E-state index < -0.39 is 6.09 Å². The van der Waals surface area contributed by atoms with Gasteiger partial charge in [-0.15, -0.1) is 5.10 Å². The van der Waals surface area contributed by atoms with Gasteiger partial charge in [-0.1, -0.05) is 18.2 Å². The van der Waals surface area contributed by atoms with E-state index in [1.54, 1.807) is 40.1 Å². The molecule has 9 heteroatoms. The predicted molar refractivity (Wildman–Crippen MR) is 106 cm³/mol. The maximum Gasteiger partial charge on any atom is 0.414 e. The van der Waals surface area contributed by atoms with Gasteiger partial charge in [-0.2, -0.15) is 5.10 Å². The molecule has 2 heterocycles. The van der Waals surface area contributed by atoms with E-state index in [4.69, 9.17) is 4.74 Å². The molecule has 27 heavy (non-hydrogen) atoms. The van der Waals surface area contributed by atoms with Gasteiger partial charge in [0, 0.05) is 37.4 Å². The number of para-hydroxylation sites is 1. The molecule has 0 radical (unpaired) electrons. The van der Waals surface area contributed by atoms with Gasteiger partial charge in [0.1, 0.15) is 0 Å². The van der Waals surface area contributed by atoms with Crippen LogP contribution in [0, 0.1) is 0 Å². The van der Waals surface area contributed by atoms with Crippen molar-refractivity contribution >= 4 is 39.7 Å². The summed E-state index contributed by atoms with van der Waals surface area (Å²) in [7, 11) is 0. The molecule has 0 aliphatic rings. The molecule has 0 saturated heterocycles. The van der Waals surface area contributed by atoms with Crippen LogP contribution in [0.3, 0.4) is 0 Å². The zero-order chi connectivity index (χ0) is 19.1. The van der Waals surface area contributed by atoms with Crippen LogP contribution in [0.1, 0.15) is 6.92 Å². The highest BCUT2D eigenvalue weighted by molar-refractivity contribution is 9.08. The number of aromatic nitrogens is 4. The first-order valence-electron chi connectivity index (χ1n) is 8.44. The number of amides is 1. The Balaban J connectivity index is 1.86. The average molecular weight is 431 g/mol. The van der Waals surface area contributed by atoms with Crippen molar-refractivity contribution in [2.45, 2.75) is 6.92 Å². The summed E-state index contributed by atoms with van der Waals surface area (Å²) < 4.78 is 6.93. The summed E-state index contributed by atoms with van der Waals surface area (Å²) in [4.78, 5) is 20.3. The Hall–Kier alpha value is -2.94. The standard InChI is InChI=1S/C18H19BrN6O2/c1-2-27-18(26)23(15-7-4-3-5-8-15)13-14-24(16-9-6-10-21-22-16)17-20-11-12-25(17)19/h3-12H,2,13-14H2,1H3. The second kappa shape index (κ2) is 9.13. The number of ether oxygens (including phenoxy) is 1. The Morgan fingerprint density at radius 3 is 2.59 bits per heavy atom. The van der Waals surface area contributed by atoms with Crippen LogP contribution < -0.4 is 9.80 Å². The van der Waals surface area contributed by atoms with Gasteiger partial charge in [0.05, 0.1) is 22.8 Å². The smallest absolute Gasteiger partial charge is 0.414 e. The largest absolute Gasteiger partial charge is 0.449 e. The molecule has 1 amide bonds. The number of anilines is 3. The number of halogens is 1. The highest BCUT2D eigenvalue weighted by Crippen LogP contribution is 2.23. The van der Waals surface area contributed by atoms with Crippen LogP contribution in [0.25, 0.3) is 0 Å². The van der Waals surface area contributed by atoms with Gasteiger partial charge < -0.3 is 4.74 Å². The van der Waals surface area contributed by atoms with E-state index in [0.717, 1.165) is 5.69 Å². The van der Waals surface area contributed by atoms with E-state index in [2.05, 4.69) is 31.3 Å². The topological polar surface area (TPSA) is 76.4 Å². The first-order chi connectivity index (χ1) is 13.2. The lowest BCUT2D eigenvalue weighted by Gasteiger charge is -2.27. The third-order valence-electron chi connectivity index (χ3n) is 3.76. The van der Waals surface area contributed by atoms with Gasteiger partial charge in [-0.05, 0) is 31.2 Å². The minimum atomic E-state index is -0.398. The first-order valence-corrected chi connectivity index (χ1v) is 9.15. The molecular formula is C18H19BrN6O2. The molecule has 0 atom stereocenters. The first kappa shape index (κ1) is 18.8. The Morgan fingerprint density at radius 2 is 1.96 bits per heavy atom. The van der Waals surface area contributed by atoms with E-state index in [9.17, 15) is 4.79 Å². The lowest BCUT2D eigenvalue weighted by Crippen LogP contribution is -2.38. The second-order valence-electron chi connectivity index (χ2n) is 5.46. The van der Waals surface area contributed by atoms with Gasteiger partial charge in [-0.3, -0.25) is 13.4 Å². The minimum absolute atomic E-state index is 0.307. The van der Waals surface area contributed by atoms with Crippen molar-refractivity contribution in [3.63, 3.8) is 0 Å². The molecule has 0 aliphatic heterocycles. The van der Waals surface area contributed by atoms with E-state index in [-0.39, 0.29) is 0 Å². The van der Waals surface area contributed by atoms with E-state index in [0.29, 0.717) is 31.5 Å². The third kappa shape index (κ3) is 4.62. The molecule has 0 N–H and O–H groups in total. The number of benzene rings is 1. The van der Waals surface area contributed by atoms with Crippen LogP contribution in [0.15, 0.2) is 61.1 Å². The van der Waals surface area contributed by atoms with Crippen LogP contribution >= 0.6 is 16.1 Å². The monoisotopic (exact) mass is 430 g/mol. The fourth-order valence-electron chi connectivity index (χ4n) is 2.55. The normalized spacial score (nSPS) is 10.4. The maximum atomic E-state index is 12.5. The summed E-state index contributed by atoms with van der Waals surface area (Å²) in [5.74, 6) is 1.26. The zero-order valence-corrected chi connectivity index (χ0v) is 16.4. The number of nitrogens with zero attached hydrogens (tertiary/aromatic N) is 6. The Morgan fingerprint density at radius 1 is 1.15 bits per heavy atom. The number of rotatable bonds is 7. The van der Waals surface area contributed by atoms with Crippen LogP contribution in [0.4, 0.5) is 22.2 Å². The van der Waals surface area contributed by atoms with E-state index in [1.165, 1.54) is 0 Å². The molecule has 0 aliphatic carbocycles. The number of imidazole rings is 1. The fourth-order valence-corrected chi connectivity index (χ4v) is 2.94. The molecule has 1 aromatic carbocycles. The molecule has 0 unspecified atom stereocenters.